The lowest BCUT2D eigenvalue weighted by Crippen LogP contribution is -2.19. The van der Waals surface area contributed by atoms with E-state index < -0.39 is 0 Å². The van der Waals surface area contributed by atoms with Crippen molar-refractivity contribution in [2.75, 3.05) is 10.8 Å². The van der Waals surface area contributed by atoms with E-state index in [0.29, 0.717) is 5.95 Å². The zero-order valence-corrected chi connectivity index (χ0v) is 11.7. The average Bonchev–Trinajstić information content (AvgIpc) is 2.90. The number of hydrogen-bond donors (Lipinski definition) is 0. The van der Waals surface area contributed by atoms with E-state index in [1.165, 1.54) is 0 Å². The van der Waals surface area contributed by atoms with Gasteiger partial charge >= 0.3 is 0 Å². The van der Waals surface area contributed by atoms with Crippen LogP contribution in [-0.4, -0.2) is 20.8 Å². The Kier molecular flexibility index (Phi) is 3.29. The number of aromatic nitrogens is 3. The van der Waals surface area contributed by atoms with Gasteiger partial charge in [-0.1, -0.05) is 6.07 Å². The second-order valence-corrected chi connectivity index (χ2v) is 5.39. The summed E-state index contributed by atoms with van der Waals surface area (Å²) in [5.74, 6) is 1.51. The van der Waals surface area contributed by atoms with Gasteiger partial charge in [0.15, 0.2) is 0 Å². The molecule has 0 saturated heterocycles. The van der Waals surface area contributed by atoms with Gasteiger partial charge < -0.3 is 0 Å². The van der Waals surface area contributed by atoms with Gasteiger partial charge in [-0.25, -0.2) is 9.97 Å². The highest BCUT2D eigenvalue weighted by molar-refractivity contribution is 9.10. The Morgan fingerprint density at radius 3 is 2.72 bits per heavy atom. The molecule has 0 atom stereocenters. The summed E-state index contributed by atoms with van der Waals surface area (Å²) in [6.07, 6.45) is 5.29. The summed E-state index contributed by atoms with van der Waals surface area (Å²) >= 11 is 5.05. The number of anilines is 1. The first kappa shape index (κ1) is 11.7. The number of hydrogen-bond acceptors (Lipinski definition) is 5. The zero-order valence-electron chi connectivity index (χ0n) is 9.32. The largest absolute Gasteiger partial charge is 0.298 e. The third-order valence-corrected chi connectivity index (χ3v) is 3.67. The van der Waals surface area contributed by atoms with Gasteiger partial charge in [-0.3, -0.25) is 9.88 Å². The summed E-state index contributed by atoms with van der Waals surface area (Å²) in [5, 5.41) is 2.09. The molecule has 0 bridgehead atoms. The van der Waals surface area contributed by atoms with Gasteiger partial charge in [0, 0.05) is 18.6 Å². The van der Waals surface area contributed by atoms with Crippen LogP contribution in [0.4, 0.5) is 5.95 Å². The van der Waals surface area contributed by atoms with E-state index in [-0.39, 0.29) is 0 Å². The Hall–Kier alpha value is -1.40. The van der Waals surface area contributed by atoms with E-state index in [2.05, 4.69) is 41.2 Å². The van der Waals surface area contributed by atoms with E-state index in [1.54, 1.807) is 30.4 Å². The SMILES string of the molecule is Brc1cnc(N2CSC=C2c2ccccn2)nc1. The molecule has 90 valence electrons. The van der Waals surface area contributed by atoms with Gasteiger partial charge in [-0.05, 0) is 33.5 Å². The molecule has 3 rings (SSSR count). The molecule has 0 radical (unpaired) electrons. The minimum absolute atomic E-state index is 0.695. The van der Waals surface area contributed by atoms with E-state index in [1.807, 2.05) is 18.2 Å². The predicted molar refractivity (Wildman–Crippen MR) is 76.9 cm³/mol. The van der Waals surface area contributed by atoms with Crippen molar-refractivity contribution < 1.29 is 0 Å². The van der Waals surface area contributed by atoms with Gasteiger partial charge in [0.05, 0.1) is 21.7 Å². The van der Waals surface area contributed by atoms with Crippen LogP contribution in [0.1, 0.15) is 5.69 Å². The van der Waals surface area contributed by atoms with E-state index >= 15 is 0 Å². The molecule has 0 N–H and O–H groups in total. The molecule has 0 aromatic carbocycles. The Bertz CT molecular complexity index is 570. The lowest BCUT2D eigenvalue weighted by Gasteiger charge is -2.18. The van der Waals surface area contributed by atoms with E-state index in [4.69, 9.17) is 0 Å². The second kappa shape index (κ2) is 5.07. The normalized spacial score (nSPS) is 14.7. The standard InChI is InChI=1S/C12H9BrN4S/c13-9-5-15-12(16-6-9)17-8-18-7-11(17)10-3-1-2-4-14-10/h1-7H,8H2. The van der Waals surface area contributed by atoms with Crippen LogP contribution in [0.15, 0.2) is 46.7 Å². The third kappa shape index (κ3) is 2.26. The molecule has 1 aliphatic heterocycles. The molecule has 0 saturated carbocycles. The molecular weight excluding hydrogens is 312 g/mol. The Morgan fingerprint density at radius 1 is 1.17 bits per heavy atom. The van der Waals surface area contributed by atoms with Gasteiger partial charge in [-0.2, -0.15) is 0 Å². The van der Waals surface area contributed by atoms with Crippen molar-refractivity contribution in [3.8, 4) is 0 Å². The van der Waals surface area contributed by atoms with Crippen molar-refractivity contribution in [2.24, 2.45) is 0 Å². The van der Waals surface area contributed by atoms with Crippen molar-refractivity contribution in [2.45, 2.75) is 0 Å². The van der Waals surface area contributed by atoms with Gasteiger partial charge in [0.1, 0.15) is 0 Å². The third-order valence-electron chi connectivity index (χ3n) is 2.46. The molecule has 2 aromatic heterocycles. The first-order chi connectivity index (χ1) is 8.84. The maximum absolute atomic E-state index is 4.37. The van der Waals surface area contributed by atoms with Gasteiger partial charge in [-0.15, -0.1) is 11.8 Å². The van der Waals surface area contributed by atoms with Crippen LogP contribution >= 0.6 is 27.7 Å². The van der Waals surface area contributed by atoms with Crippen molar-refractivity contribution in [1.82, 2.24) is 15.0 Å². The van der Waals surface area contributed by atoms with Crippen molar-refractivity contribution >= 4 is 39.3 Å². The quantitative estimate of drug-likeness (QED) is 0.850. The number of halogens is 1. The van der Waals surface area contributed by atoms with Crippen LogP contribution in [0.25, 0.3) is 5.70 Å². The number of pyridine rings is 1. The molecule has 0 unspecified atom stereocenters. The minimum Gasteiger partial charge on any atom is -0.298 e. The summed E-state index contributed by atoms with van der Waals surface area (Å²) in [5.41, 5.74) is 1.98. The molecule has 18 heavy (non-hydrogen) atoms. The highest BCUT2D eigenvalue weighted by Crippen LogP contribution is 2.32. The highest BCUT2D eigenvalue weighted by Gasteiger charge is 2.21. The van der Waals surface area contributed by atoms with Crippen molar-refractivity contribution in [3.05, 3.63) is 52.4 Å². The summed E-state index contributed by atoms with van der Waals surface area (Å²) in [6.45, 7) is 0. The highest BCUT2D eigenvalue weighted by atomic mass is 79.9. The average molecular weight is 321 g/mol. The number of nitrogens with zero attached hydrogens (tertiary/aromatic N) is 4. The fourth-order valence-corrected chi connectivity index (χ4v) is 2.74. The Balaban J connectivity index is 1.94. The van der Waals surface area contributed by atoms with Crippen LogP contribution in [0.3, 0.4) is 0 Å². The molecule has 0 fully saturated rings. The smallest absolute Gasteiger partial charge is 0.230 e. The fourth-order valence-electron chi connectivity index (χ4n) is 1.65. The number of rotatable bonds is 2. The summed E-state index contributed by atoms with van der Waals surface area (Å²) in [7, 11) is 0. The molecule has 1 aliphatic rings. The van der Waals surface area contributed by atoms with Crippen LogP contribution < -0.4 is 4.90 Å². The van der Waals surface area contributed by atoms with Crippen LogP contribution in [-0.2, 0) is 0 Å². The molecule has 2 aromatic rings. The van der Waals surface area contributed by atoms with Gasteiger partial charge in [0.25, 0.3) is 0 Å². The predicted octanol–water partition coefficient (Wildman–Crippen LogP) is 3.14. The molecule has 6 heteroatoms. The molecule has 0 amide bonds. The monoisotopic (exact) mass is 320 g/mol. The maximum atomic E-state index is 4.37. The zero-order chi connectivity index (χ0) is 12.4. The van der Waals surface area contributed by atoms with Crippen LogP contribution in [0, 0.1) is 0 Å². The lowest BCUT2D eigenvalue weighted by atomic mass is 10.3. The summed E-state index contributed by atoms with van der Waals surface area (Å²) in [6, 6.07) is 5.88. The summed E-state index contributed by atoms with van der Waals surface area (Å²) in [4.78, 5) is 15.1. The number of thioether (sulfide) groups is 1. The lowest BCUT2D eigenvalue weighted by molar-refractivity contribution is 1.02. The van der Waals surface area contributed by atoms with E-state index in [0.717, 1.165) is 21.7 Å². The van der Waals surface area contributed by atoms with Crippen LogP contribution in [0.5, 0.6) is 0 Å². The summed E-state index contributed by atoms with van der Waals surface area (Å²) < 4.78 is 0.876. The van der Waals surface area contributed by atoms with Crippen molar-refractivity contribution in [1.29, 1.82) is 0 Å². The molecule has 0 spiro atoms. The first-order valence-corrected chi connectivity index (χ1v) is 7.17. The Morgan fingerprint density at radius 2 is 2.00 bits per heavy atom. The van der Waals surface area contributed by atoms with Gasteiger partial charge in [0.2, 0.25) is 5.95 Å². The molecular formula is C12H9BrN4S. The molecule has 0 aliphatic carbocycles. The molecule has 3 heterocycles. The maximum Gasteiger partial charge on any atom is 0.230 e. The van der Waals surface area contributed by atoms with Crippen molar-refractivity contribution in [3.63, 3.8) is 0 Å². The molecule has 4 nitrogen and oxygen atoms in total. The fraction of sp³-hybridized carbons (Fsp3) is 0.0833. The first-order valence-electron chi connectivity index (χ1n) is 5.33. The minimum atomic E-state index is 0.695. The Labute approximate surface area is 117 Å². The topological polar surface area (TPSA) is 41.9 Å². The second-order valence-electron chi connectivity index (χ2n) is 3.64. The van der Waals surface area contributed by atoms with Crippen LogP contribution in [0.2, 0.25) is 0 Å². The van der Waals surface area contributed by atoms with E-state index in [9.17, 15) is 0 Å².